The fraction of sp³-hybridized carbons (Fsp3) is 0.188. The first-order chi connectivity index (χ1) is 18.6. The first-order valence-electron chi connectivity index (χ1n) is 12.7. The number of fused-ring (bicyclic) bond motifs is 1. The van der Waals surface area contributed by atoms with Gasteiger partial charge in [-0.3, -0.25) is 19.4 Å². The molecule has 190 valence electrons. The smallest absolute Gasteiger partial charge is 0.262 e. The van der Waals surface area contributed by atoms with Gasteiger partial charge in [-0.2, -0.15) is 0 Å². The lowest BCUT2D eigenvalue weighted by Crippen LogP contribution is -2.43. The van der Waals surface area contributed by atoms with Crippen LogP contribution in [0.1, 0.15) is 24.0 Å². The fourth-order valence-corrected chi connectivity index (χ4v) is 6.36. The van der Waals surface area contributed by atoms with Gasteiger partial charge in [-0.05, 0) is 24.0 Å². The molecule has 2 aliphatic carbocycles. The highest BCUT2D eigenvalue weighted by atomic mass is 16.3. The molecule has 0 fully saturated rings. The van der Waals surface area contributed by atoms with Crippen molar-refractivity contribution in [2.45, 2.75) is 23.7 Å². The van der Waals surface area contributed by atoms with Crippen LogP contribution in [0, 0.1) is 0 Å². The highest BCUT2D eigenvalue weighted by Crippen LogP contribution is 2.54. The van der Waals surface area contributed by atoms with Crippen LogP contribution in [0.25, 0.3) is 0 Å². The number of nitrogens with zero attached hydrogens (tertiary/aromatic N) is 2. The zero-order valence-electron chi connectivity index (χ0n) is 20.8. The Morgan fingerprint density at radius 3 is 1.32 bits per heavy atom. The number of amides is 2. The number of rotatable bonds is 6. The van der Waals surface area contributed by atoms with Crippen molar-refractivity contribution in [1.82, 2.24) is 9.80 Å². The van der Waals surface area contributed by atoms with E-state index in [4.69, 9.17) is 0 Å². The normalized spacial score (nSPS) is 26.3. The van der Waals surface area contributed by atoms with Gasteiger partial charge in [0.2, 0.25) is 0 Å². The maximum Gasteiger partial charge on any atom is 0.262 e. The number of allylic oxidation sites excluding steroid dienone is 8. The van der Waals surface area contributed by atoms with Crippen molar-refractivity contribution in [2.24, 2.45) is 0 Å². The molecule has 6 rings (SSSR count). The van der Waals surface area contributed by atoms with Gasteiger partial charge in [0, 0.05) is 0 Å². The highest BCUT2D eigenvalue weighted by molar-refractivity contribution is 6.20. The molecular formula is C32H28N2O4. The fourth-order valence-electron chi connectivity index (χ4n) is 6.36. The summed E-state index contributed by atoms with van der Waals surface area (Å²) in [7, 11) is 0. The zero-order valence-corrected chi connectivity index (χ0v) is 20.8. The van der Waals surface area contributed by atoms with Gasteiger partial charge in [-0.15, -0.1) is 0 Å². The molecule has 2 heterocycles. The Labute approximate surface area is 221 Å². The van der Waals surface area contributed by atoms with Crippen molar-refractivity contribution in [1.29, 1.82) is 0 Å². The van der Waals surface area contributed by atoms with E-state index >= 15 is 0 Å². The first kappa shape index (κ1) is 24.1. The second-order valence-electron chi connectivity index (χ2n) is 9.85. The minimum Gasteiger partial charge on any atom is -0.376 e. The summed E-state index contributed by atoms with van der Waals surface area (Å²) < 4.78 is 0. The molecule has 2 N–H and O–H groups in total. The number of carbonyl (C=O) groups is 2. The molecule has 0 bridgehead atoms. The summed E-state index contributed by atoms with van der Waals surface area (Å²) in [6, 6.07) is 19.5. The summed E-state index contributed by atoms with van der Waals surface area (Å²) in [6.45, 7) is -1.14. The summed E-state index contributed by atoms with van der Waals surface area (Å²) >= 11 is 0. The van der Waals surface area contributed by atoms with Gasteiger partial charge in [0.25, 0.3) is 11.8 Å². The molecule has 2 amide bonds. The lowest BCUT2D eigenvalue weighted by atomic mass is 9.70. The maximum absolute atomic E-state index is 14.2. The van der Waals surface area contributed by atoms with E-state index < -0.39 is 36.1 Å². The predicted molar refractivity (Wildman–Crippen MR) is 144 cm³/mol. The third-order valence-corrected chi connectivity index (χ3v) is 8.02. The lowest BCUT2D eigenvalue weighted by Gasteiger charge is -2.39. The Balaban J connectivity index is 1.69. The molecule has 0 saturated carbocycles. The Bertz CT molecular complexity index is 1370. The van der Waals surface area contributed by atoms with E-state index in [1.807, 2.05) is 109 Å². The molecule has 6 heteroatoms. The summed E-state index contributed by atoms with van der Waals surface area (Å²) in [6.07, 6.45) is 16.7. The third kappa shape index (κ3) is 3.27. The molecule has 4 aliphatic rings. The SMILES string of the molecule is O=C1C2=C(C3(c4ccccc4)C=CC=CC3)N(CO)C(=O)C2=C(C2(c3ccccc3)C=CC=CC2)N1CO. The van der Waals surface area contributed by atoms with Crippen LogP contribution in [-0.2, 0) is 20.4 Å². The van der Waals surface area contributed by atoms with Crippen LogP contribution < -0.4 is 0 Å². The molecule has 2 aromatic rings. The van der Waals surface area contributed by atoms with Gasteiger partial charge in [-0.25, -0.2) is 0 Å². The molecule has 0 aromatic heterocycles. The van der Waals surface area contributed by atoms with Gasteiger partial charge in [0.1, 0.15) is 13.5 Å². The number of hydrogen-bond donors (Lipinski definition) is 2. The lowest BCUT2D eigenvalue weighted by molar-refractivity contribution is -0.127. The Kier molecular flexibility index (Phi) is 5.86. The first-order valence-corrected chi connectivity index (χ1v) is 12.7. The van der Waals surface area contributed by atoms with Crippen LogP contribution >= 0.6 is 0 Å². The summed E-state index contributed by atoms with van der Waals surface area (Å²) in [5.74, 6) is -0.873. The van der Waals surface area contributed by atoms with Crippen molar-refractivity contribution >= 4 is 11.8 Å². The van der Waals surface area contributed by atoms with Crippen LogP contribution in [-0.4, -0.2) is 45.3 Å². The van der Waals surface area contributed by atoms with E-state index in [2.05, 4.69) is 0 Å². The van der Waals surface area contributed by atoms with Crippen molar-refractivity contribution in [2.75, 3.05) is 13.5 Å². The maximum atomic E-state index is 14.2. The molecule has 6 nitrogen and oxygen atoms in total. The number of carbonyl (C=O) groups excluding carboxylic acids is 2. The van der Waals surface area contributed by atoms with E-state index in [0.717, 1.165) is 11.1 Å². The molecule has 0 spiro atoms. The van der Waals surface area contributed by atoms with Crippen LogP contribution in [0.15, 0.2) is 132 Å². The van der Waals surface area contributed by atoms with Gasteiger partial charge < -0.3 is 10.2 Å². The highest BCUT2D eigenvalue weighted by Gasteiger charge is 2.57. The number of aliphatic hydroxyl groups is 2. The van der Waals surface area contributed by atoms with Crippen molar-refractivity contribution in [3.8, 4) is 0 Å². The monoisotopic (exact) mass is 504 g/mol. The molecule has 2 unspecified atom stereocenters. The van der Waals surface area contributed by atoms with E-state index in [1.165, 1.54) is 9.80 Å². The van der Waals surface area contributed by atoms with Crippen molar-refractivity contribution in [3.05, 3.63) is 143 Å². The van der Waals surface area contributed by atoms with E-state index in [-0.39, 0.29) is 11.1 Å². The van der Waals surface area contributed by atoms with Crippen LogP contribution in [0.3, 0.4) is 0 Å². The molecule has 38 heavy (non-hydrogen) atoms. The minimum absolute atomic E-state index is 0.246. The van der Waals surface area contributed by atoms with E-state index in [0.29, 0.717) is 24.2 Å². The minimum atomic E-state index is -0.847. The second kappa shape index (κ2) is 9.24. The number of hydrogen-bond acceptors (Lipinski definition) is 4. The zero-order chi connectivity index (χ0) is 26.3. The Morgan fingerprint density at radius 1 is 0.605 bits per heavy atom. The van der Waals surface area contributed by atoms with Gasteiger partial charge in [0.05, 0.1) is 33.4 Å². The summed E-state index contributed by atoms with van der Waals surface area (Å²) in [5.41, 5.74) is 1.51. The van der Waals surface area contributed by atoms with E-state index in [9.17, 15) is 19.8 Å². The predicted octanol–water partition coefficient (Wildman–Crippen LogP) is 3.99. The largest absolute Gasteiger partial charge is 0.376 e. The van der Waals surface area contributed by atoms with Crippen LogP contribution in [0.2, 0.25) is 0 Å². The number of aliphatic hydroxyl groups excluding tert-OH is 2. The topological polar surface area (TPSA) is 81.1 Å². The number of benzene rings is 2. The summed E-state index contributed by atoms with van der Waals surface area (Å²) in [4.78, 5) is 31.1. The van der Waals surface area contributed by atoms with Gasteiger partial charge >= 0.3 is 0 Å². The average molecular weight is 505 g/mol. The van der Waals surface area contributed by atoms with Gasteiger partial charge in [-0.1, -0.05) is 109 Å². The molecular weight excluding hydrogens is 476 g/mol. The average Bonchev–Trinajstić information content (AvgIpc) is 3.45. The summed E-state index contributed by atoms with van der Waals surface area (Å²) in [5, 5.41) is 21.1. The van der Waals surface area contributed by atoms with Crippen LogP contribution in [0.5, 0.6) is 0 Å². The molecule has 2 aliphatic heterocycles. The van der Waals surface area contributed by atoms with Crippen molar-refractivity contribution in [3.63, 3.8) is 0 Å². The molecule has 2 aromatic carbocycles. The van der Waals surface area contributed by atoms with Crippen molar-refractivity contribution < 1.29 is 19.8 Å². The van der Waals surface area contributed by atoms with Gasteiger partial charge in [0.15, 0.2) is 0 Å². The second-order valence-corrected chi connectivity index (χ2v) is 9.85. The third-order valence-electron chi connectivity index (χ3n) is 8.02. The molecule has 0 radical (unpaired) electrons. The Hall–Kier alpha value is -4.26. The standard InChI is InChI=1S/C32H28N2O4/c35-21-33-27(31(17-9-3-10-18-31)23-13-5-1-6-14-23)25-26(30(33)38)28(34(22-36)29(25)37)32(19-11-4-12-20-32)24-15-7-2-8-16-24/h1-17,19,35-36H,18,20-22H2. The quantitative estimate of drug-likeness (QED) is 0.624. The molecule has 0 saturated heterocycles. The van der Waals surface area contributed by atoms with Crippen LogP contribution in [0.4, 0.5) is 0 Å². The van der Waals surface area contributed by atoms with E-state index in [1.54, 1.807) is 0 Å². The molecule has 2 atom stereocenters. The Morgan fingerprint density at radius 2 is 1.00 bits per heavy atom.